The molecule has 1 aliphatic heterocycles. The summed E-state index contributed by atoms with van der Waals surface area (Å²) in [5.74, 6) is -1.55. The maximum Gasteiger partial charge on any atom is 0.336 e. The fourth-order valence-electron chi connectivity index (χ4n) is 4.32. The van der Waals surface area contributed by atoms with Gasteiger partial charge in [-0.1, -0.05) is 36.4 Å². The van der Waals surface area contributed by atoms with E-state index in [1.807, 2.05) is 18.2 Å². The van der Waals surface area contributed by atoms with Gasteiger partial charge in [0.15, 0.2) is 0 Å². The van der Waals surface area contributed by atoms with Gasteiger partial charge in [0.25, 0.3) is 0 Å². The van der Waals surface area contributed by atoms with Crippen molar-refractivity contribution in [2.45, 2.75) is 25.3 Å². The monoisotopic (exact) mass is 349 g/mol. The number of carboxylic acids is 2. The van der Waals surface area contributed by atoms with Crippen molar-refractivity contribution in [3.05, 3.63) is 76.4 Å². The van der Waals surface area contributed by atoms with E-state index in [0.717, 1.165) is 23.2 Å². The van der Waals surface area contributed by atoms with Gasteiger partial charge in [0.05, 0.1) is 17.2 Å². The van der Waals surface area contributed by atoms with E-state index in [2.05, 4.69) is 17.5 Å². The number of nitrogens with one attached hydrogen (secondary N) is 1. The summed E-state index contributed by atoms with van der Waals surface area (Å²) in [5, 5.41) is 22.5. The largest absolute Gasteiger partial charge is 0.478 e. The van der Waals surface area contributed by atoms with Gasteiger partial charge in [-0.15, -0.1) is 0 Å². The van der Waals surface area contributed by atoms with Crippen LogP contribution in [0.25, 0.3) is 0 Å². The lowest BCUT2D eigenvalue weighted by Gasteiger charge is -2.39. The molecule has 2 aromatic carbocycles. The molecule has 0 amide bonds. The molecule has 0 aromatic heterocycles. The summed E-state index contributed by atoms with van der Waals surface area (Å²) >= 11 is 0. The molecular weight excluding hydrogens is 330 g/mol. The number of carbonyl (C=O) groups is 2. The van der Waals surface area contributed by atoms with E-state index in [4.69, 9.17) is 0 Å². The Hall–Kier alpha value is -3.08. The van der Waals surface area contributed by atoms with E-state index < -0.39 is 11.9 Å². The Labute approximate surface area is 151 Å². The zero-order valence-corrected chi connectivity index (χ0v) is 14.3. The van der Waals surface area contributed by atoms with Crippen molar-refractivity contribution >= 4 is 17.6 Å². The molecular formula is C21H19NO4. The van der Waals surface area contributed by atoms with E-state index in [1.54, 1.807) is 25.1 Å². The topological polar surface area (TPSA) is 86.6 Å². The molecule has 2 aliphatic rings. The minimum absolute atomic E-state index is 0.152. The fourth-order valence-corrected chi connectivity index (χ4v) is 4.32. The number of aromatic carboxylic acids is 2. The number of fused-ring (bicyclic) bond motifs is 3. The molecule has 0 spiro atoms. The maximum atomic E-state index is 11.7. The summed E-state index contributed by atoms with van der Waals surface area (Å²) in [4.78, 5) is 23.2. The van der Waals surface area contributed by atoms with E-state index in [0.29, 0.717) is 5.56 Å². The highest BCUT2D eigenvalue weighted by atomic mass is 16.4. The quantitative estimate of drug-likeness (QED) is 0.722. The summed E-state index contributed by atoms with van der Waals surface area (Å²) in [6.07, 6.45) is 5.14. The Bertz CT molecular complexity index is 947. The first-order valence-electron chi connectivity index (χ1n) is 8.61. The lowest BCUT2D eigenvalue weighted by molar-refractivity contribution is 0.0685. The third-order valence-electron chi connectivity index (χ3n) is 5.55. The standard InChI is InChI=1S/C21H19NO4/c1-11-12(20(23)24)9-10-16-13-7-4-8-14(13)19(22-18(11)16)15-5-2-3-6-17(15)21(25)26/h2-7,9-10,13-14,19,22H,8H2,1H3,(H,23,24)(H,25,26)/t13-,14-,19-/m0/s1. The highest BCUT2D eigenvalue weighted by Gasteiger charge is 2.40. The van der Waals surface area contributed by atoms with Crippen LogP contribution in [0.15, 0.2) is 48.6 Å². The Morgan fingerprint density at radius 3 is 2.46 bits per heavy atom. The molecule has 0 saturated heterocycles. The third-order valence-corrected chi connectivity index (χ3v) is 5.55. The van der Waals surface area contributed by atoms with Gasteiger partial charge in [-0.05, 0) is 48.1 Å². The van der Waals surface area contributed by atoms with Crippen LogP contribution in [0.4, 0.5) is 5.69 Å². The molecule has 5 heteroatoms. The van der Waals surface area contributed by atoms with Crippen molar-refractivity contribution in [2.24, 2.45) is 5.92 Å². The van der Waals surface area contributed by atoms with Crippen LogP contribution >= 0.6 is 0 Å². The molecule has 26 heavy (non-hydrogen) atoms. The second-order valence-corrected chi connectivity index (χ2v) is 6.88. The number of anilines is 1. The molecule has 0 radical (unpaired) electrons. The summed E-state index contributed by atoms with van der Waals surface area (Å²) < 4.78 is 0. The molecule has 3 N–H and O–H groups in total. The van der Waals surface area contributed by atoms with Crippen molar-refractivity contribution in [1.29, 1.82) is 0 Å². The molecule has 132 valence electrons. The van der Waals surface area contributed by atoms with E-state index >= 15 is 0 Å². The average molecular weight is 349 g/mol. The molecule has 4 rings (SSSR count). The molecule has 0 saturated carbocycles. The minimum Gasteiger partial charge on any atom is -0.478 e. The van der Waals surface area contributed by atoms with Crippen LogP contribution in [-0.4, -0.2) is 22.2 Å². The summed E-state index contributed by atoms with van der Waals surface area (Å²) in [7, 11) is 0. The first kappa shape index (κ1) is 16.4. The maximum absolute atomic E-state index is 11.7. The molecule has 1 aliphatic carbocycles. The van der Waals surface area contributed by atoms with Gasteiger partial charge in [-0.25, -0.2) is 9.59 Å². The Morgan fingerprint density at radius 2 is 1.73 bits per heavy atom. The van der Waals surface area contributed by atoms with Crippen LogP contribution < -0.4 is 5.32 Å². The summed E-state index contributed by atoms with van der Waals surface area (Å²) in [6, 6.07) is 10.4. The minimum atomic E-state index is -0.960. The molecule has 0 fully saturated rings. The summed E-state index contributed by atoms with van der Waals surface area (Å²) in [6.45, 7) is 1.80. The Balaban J connectivity index is 1.88. The van der Waals surface area contributed by atoms with Crippen LogP contribution in [-0.2, 0) is 0 Å². The van der Waals surface area contributed by atoms with Crippen molar-refractivity contribution in [3.8, 4) is 0 Å². The number of hydrogen-bond donors (Lipinski definition) is 3. The SMILES string of the molecule is Cc1c(C(=O)O)ccc2c1N[C@H](c1ccccc1C(=O)O)[C@H]1CC=C[C@H]21. The molecule has 5 nitrogen and oxygen atoms in total. The van der Waals surface area contributed by atoms with Gasteiger partial charge in [-0.3, -0.25) is 0 Å². The Morgan fingerprint density at radius 1 is 1.00 bits per heavy atom. The molecule has 3 atom stereocenters. The van der Waals surface area contributed by atoms with E-state index in [-0.39, 0.29) is 29.0 Å². The van der Waals surface area contributed by atoms with Crippen molar-refractivity contribution in [3.63, 3.8) is 0 Å². The van der Waals surface area contributed by atoms with Gasteiger partial charge in [-0.2, -0.15) is 0 Å². The predicted molar refractivity (Wildman–Crippen MR) is 97.9 cm³/mol. The van der Waals surface area contributed by atoms with Crippen molar-refractivity contribution in [1.82, 2.24) is 0 Å². The average Bonchev–Trinajstić information content (AvgIpc) is 3.11. The van der Waals surface area contributed by atoms with Crippen molar-refractivity contribution < 1.29 is 19.8 Å². The molecule has 0 bridgehead atoms. The first-order valence-corrected chi connectivity index (χ1v) is 8.61. The van der Waals surface area contributed by atoms with E-state index in [9.17, 15) is 19.8 Å². The van der Waals surface area contributed by atoms with Crippen LogP contribution in [0.2, 0.25) is 0 Å². The normalized spacial score (nSPS) is 23.0. The van der Waals surface area contributed by atoms with Gasteiger partial charge >= 0.3 is 11.9 Å². The van der Waals surface area contributed by atoms with Gasteiger partial charge < -0.3 is 15.5 Å². The van der Waals surface area contributed by atoms with Crippen molar-refractivity contribution in [2.75, 3.05) is 5.32 Å². The number of carboxylic acid groups (broad SMARTS) is 2. The molecule has 1 heterocycles. The van der Waals surface area contributed by atoms with Crippen LogP contribution in [0, 0.1) is 12.8 Å². The third kappa shape index (κ3) is 2.39. The van der Waals surface area contributed by atoms with Gasteiger partial charge in [0.1, 0.15) is 0 Å². The zero-order valence-electron chi connectivity index (χ0n) is 14.3. The smallest absolute Gasteiger partial charge is 0.336 e. The van der Waals surface area contributed by atoms with Crippen LogP contribution in [0.1, 0.15) is 55.8 Å². The predicted octanol–water partition coefficient (Wildman–Crippen LogP) is 4.22. The second kappa shape index (κ2) is 6.02. The van der Waals surface area contributed by atoms with Crippen LogP contribution in [0.3, 0.4) is 0 Å². The Kier molecular flexibility index (Phi) is 3.80. The summed E-state index contributed by atoms with van der Waals surface area (Å²) in [5.41, 5.74) is 3.86. The lowest BCUT2D eigenvalue weighted by atomic mass is 9.75. The molecule has 2 aromatic rings. The highest BCUT2D eigenvalue weighted by molar-refractivity contribution is 5.92. The van der Waals surface area contributed by atoms with Crippen LogP contribution in [0.5, 0.6) is 0 Å². The zero-order chi connectivity index (χ0) is 18.4. The number of benzene rings is 2. The molecule has 0 unspecified atom stereocenters. The number of rotatable bonds is 3. The number of allylic oxidation sites excluding steroid dienone is 2. The van der Waals surface area contributed by atoms with Gasteiger partial charge in [0, 0.05) is 11.6 Å². The highest BCUT2D eigenvalue weighted by Crippen LogP contribution is 2.51. The second-order valence-electron chi connectivity index (χ2n) is 6.88. The lowest BCUT2D eigenvalue weighted by Crippen LogP contribution is -2.31. The van der Waals surface area contributed by atoms with E-state index in [1.165, 1.54) is 0 Å². The number of hydrogen-bond acceptors (Lipinski definition) is 3. The fraction of sp³-hybridized carbons (Fsp3) is 0.238. The van der Waals surface area contributed by atoms with Gasteiger partial charge in [0.2, 0.25) is 0 Å². The first-order chi connectivity index (χ1) is 12.5.